The van der Waals surface area contributed by atoms with Crippen molar-refractivity contribution in [3.63, 3.8) is 0 Å². The molecule has 6 nitrogen and oxygen atoms in total. The molecule has 0 aromatic rings. The molecule has 1 rings (SSSR count). The summed E-state index contributed by atoms with van der Waals surface area (Å²) in [6.07, 6.45) is 3.58. The number of barbiturate groups is 1. The lowest BCUT2D eigenvalue weighted by atomic mass is 10.2. The van der Waals surface area contributed by atoms with Gasteiger partial charge in [0.25, 0.3) is 0 Å². The van der Waals surface area contributed by atoms with Gasteiger partial charge in [0.05, 0.1) is 0 Å². The number of carbonyl (C=O) groups excluding carboxylic acids is 4. The van der Waals surface area contributed by atoms with E-state index in [4.69, 9.17) is 0 Å². The number of urea groups is 1. The first kappa shape index (κ1) is 12.4. The summed E-state index contributed by atoms with van der Waals surface area (Å²) in [5.74, 6) is -3.33. The Morgan fingerprint density at radius 2 is 1.75 bits per heavy atom. The first-order valence-corrected chi connectivity index (χ1v) is 5.29. The van der Waals surface area contributed by atoms with Crippen LogP contribution in [0.25, 0.3) is 0 Å². The first-order valence-electron chi connectivity index (χ1n) is 5.29. The van der Waals surface area contributed by atoms with Crippen molar-refractivity contribution in [2.75, 3.05) is 6.54 Å². The second-order valence-electron chi connectivity index (χ2n) is 3.61. The molecule has 88 valence electrons. The van der Waals surface area contributed by atoms with Gasteiger partial charge in [-0.1, -0.05) is 26.2 Å². The summed E-state index contributed by atoms with van der Waals surface area (Å²) < 4.78 is 0. The van der Waals surface area contributed by atoms with Crippen molar-refractivity contribution in [3.8, 4) is 0 Å². The molecule has 0 radical (unpaired) electrons. The van der Waals surface area contributed by atoms with E-state index in [1.165, 1.54) is 0 Å². The molecular formula is C10H14N2O4. The van der Waals surface area contributed by atoms with Gasteiger partial charge < -0.3 is 0 Å². The van der Waals surface area contributed by atoms with Crippen LogP contribution in [-0.4, -0.2) is 35.1 Å². The van der Waals surface area contributed by atoms with Crippen molar-refractivity contribution in [1.82, 2.24) is 10.2 Å². The van der Waals surface area contributed by atoms with Crippen LogP contribution in [0, 0.1) is 0 Å². The van der Waals surface area contributed by atoms with Crippen LogP contribution in [0.1, 0.15) is 32.6 Å². The van der Waals surface area contributed by atoms with E-state index in [9.17, 15) is 19.2 Å². The molecule has 16 heavy (non-hydrogen) atoms. The minimum absolute atomic E-state index is 0.184. The van der Waals surface area contributed by atoms with E-state index in [0.717, 1.165) is 24.2 Å². The third-order valence-electron chi connectivity index (χ3n) is 2.35. The Hall–Kier alpha value is -1.72. The third kappa shape index (κ3) is 2.65. The van der Waals surface area contributed by atoms with E-state index in [0.29, 0.717) is 6.42 Å². The predicted octanol–water partition coefficient (Wildman–Crippen LogP) is 0.214. The maximum atomic E-state index is 11.3. The van der Waals surface area contributed by atoms with Crippen molar-refractivity contribution >= 4 is 23.6 Å². The number of amides is 4. The highest BCUT2D eigenvalue weighted by molar-refractivity contribution is 6.66. The maximum Gasteiger partial charge on any atom is 0.331 e. The lowest BCUT2D eigenvalue weighted by Crippen LogP contribution is -2.58. The highest BCUT2D eigenvalue weighted by Gasteiger charge is 2.38. The topological polar surface area (TPSA) is 83.6 Å². The van der Waals surface area contributed by atoms with E-state index in [2.05, 4.69) is 0 Å². The summed E-state index contributed by atoms with van der Waals surface area (Å²) in [5.41, 5.74) is 0. The van der Waals surface area contributed by atoms with Gasteiger partial charge in [-0.3, -0.25) is 24.6 Å². The molecule has 0 spiro atoms. The number of hydrogen-bond donors (Lipinski definition) is 1. The normalized spacial score (nSPS) is 16.7. The van der Waals surface area contributed by atoms with Crippen molar-refractivity contribution in [2.24, 2.45) is 0 Å². The van der Waals surface area contributed by atoms with E-state index in [1.54, 1.807) is 0 Å². The summed E-state index contributed by atoms with van der Waals surface area (Å²) in [6, 6.07) is -0.800. The van der Waals surface area contributed by atoms with Crippen LogP contribution < -0.4 is 5.32 Å². The molecule has 1 aliphatic heterocycles. The summed E-state index contributed by atoms with van der Waals surface area (Å²) in [4.78, 5) is 45.2. The number of ketones is 1. The molecule has 1 aliphatic rings. The molecule has 1 fully saturated rings. The molecule has 0 aliphatic carbocycles. The van der Waals surface area contributed by atoms with Gasteiger partial charge in [0.2, 0.25) is 0 Å². The molecule has 1 heterocycles. The molecule has 1 saturated heterocycles. The average Bonchev–Trinajstić information content (AvgIpc) is 2.25. The van der Waals surface area contributed by atoms with Gasteiger partial charge in [0.15, 0.2) is 0 Å². The minimum atomic E-state index is -1.17. The SMILES string of the molecule is CCCCCCN1C(=O)NC(=O)C(=O)C1=O. The quantitative estimate of drug-likeness (QED) is 0.536. The van der Waals surface area contributed by atoms with E-state index < -0.39 is 23.6 Å². The second-order valence-corrected chi connectivity index (χ2v) is 3.61. The van der Waals surface area contributed by atoms with Gasteiger partial charge in [-0.15, -0.1) is 0 Å². The fraction of sp³-hybridized carbons (Fsp3) is 0.600. The fourth-order valence-corrected chi connectivity index (χ4v) is 1.43. The molecule has 1 N–H and O–H groups in total. The highest BCUT2D eigenvalue weighted by atomic mass is 16.2. The van der Waals surface area contributed by atoms with Gasteiger partial charge in [-0.05, 0) is 6.42 Å². The number of nitrogens with one attached hydrogen (secondary N) is 1. The van der Waals surface area contributed by atoms with Crippen LogP contribution in [0.5, 0.6) is 0 Å². The van der Waals surface area contributed by atoms with Gasteiger partial charge in [0, 0.05) is 6.54 Å². The molecule has 4 amide bonds. The fourth-order valence-electron chi connectivity index (χ4n) is 1.43. The zero-order valence-corrected chi connectivity index (χ0v) is 9.12. The Morgan fingerprint density at radius 1 is 1.06 bits per heavy atom. The summed E-state index contributed by atoms with van der Waals surface area (Å²) >= 11 is 0. The molecule has 0 aromatic heterocycles. The lowest BCUT2D eigenvalue weighted by molar-refractivity contribution is -0.150. The standard InChI is InChI=1S/C10H14N2O4/c1-2-3-4-5-6-12-9(15)7(13)8(14)11-10(12)16/h2-6H2,1H3,(H,11,14,16). The third-order valence-corrected chi connectivity index (χ3v) is 2.35. The molecule has 0 bridgehead atoms. The number of carbonyl (C=O) groups is 4. The van der Waals surface area contributed by atoms with Gasteiger partial charge in [0.1, 0.15) is 0 Å². The van der Waals surface area contributed by atoms with Crippen LogP contribution in [0.3, 0.4) is 0 Å². The molecular weight excluding hydrogens is 212 g/mol. The largest absolute Gasteiger partial charge is 0.331 e. The van der Waals surface area contributed by atoms with Crippen molar-refractivity contribution in [3.05, 3.63) is 0 Å². The average molecular weight is 226 g/mol. The summed E-state index contributed by atoms with van der Waals surface area (Å²) in [6.45, 7) is 2.23. The van der Waals surface area contributed by atoms with Crippen LogP contribution >= 0.6 is 0 Å². The Balaban J connectivity index is 2.51. The maximum absolute atomic E-state index is 11.3. The van der Waals surface area contributed by atoms with Crippen LogP contribution in [0.4, 0.5) is 4.79 Å². The molecule has 0 atom stereocenters. The Bertz CT molecular complexity index is 338. The first-order chi connectivity index (χ1) is 7.57. The number of unbranched alkanes of at least 4 members (excludes halogenated alkanes) is 3. The van der Waals surface area contributed by atoms with Crippen molar-refractivity contribution in [2.45, 2.75) is 32.6 Å². The smallest absolute Gasteiger partial charge is 0.277 e. The Labute approximate surface area is 93.0 Å². The number of nitrogens with zero attached hydrogens (tertiary/aromatic N) is 1. The van der Waals surface area contributed by atoms with Gasteiger partial charge in [-0.2, -0.15) is 0 Å². The van der Waals surface area contributed by atoms with E-state index in [-0.39, 0.29) is 6.54 Å². The zero-order chi connectivity index (χ0) is 12.1. The minimum Gasteiger partial charge on any atom is -0.277 e. The Kier molecular flexibility index (Phi) is 4.16. The van der Waals surface area contributed by atoms with Crippen molar-refractivity contribution in [1.29, 1.82) is 0 Å². The van der Waals surface area contributed by atoms with E-state index >= 15 is 0 Å². The van der Waals surface area contributed by atoms with Gasteiger partial charge in [-0.25, -0.2) is 4.79 Å². The van der Waals surface area contributed by atoms with Crippen LogP contribution in [-0.2, 0) is 14.4 Å². The summed E-state index contributed by atoms with van der Waals surface area (Å²) in [5, 5.41) is 1.83. The van der Waals surface area contributed by atoms with Crippen molar-refractivity contribution < 1.29 is 19.2 Å². The van der Waals surface area contributed by atoms with Crippen LogP contribution in [0.2, 0.25) is 0 Å². The Morgan fingerprint density at radius 3 is 2.38 bits per heavy atom. The lowest BCUT2D eigenvalue weighted by Gasteiger charge is -2.23. The number of hydrogen-bond acceptors (Lipinski definition) is 4. The molecule has 0 aromatic carbocycles. The monoisotopic (exact) mass is 226 g/mol. The number of rotatable bonds is 5. The number of imide groups is 2. The molecule has 0 unspecified atom stereocenters. The molecule has 0 saturated carbocycles. The van der Waals surface area contributed by atoms with Gasteiger partial charge >= 0.3 is 23.6 Å². The summed E-state index contributed by atoms with van der Waals surface area (Å²) in [7, 11) is 0. The highest BCUT2D eigenvalue weighted by Crippen LogP contribution is 2.05. The van der Waals surface area contributed by atoms with E-state index in [1.807, 2.05) is 12.2 Å². The second kappa shape index (κ2) is 5.39. The number of Topliss-reactive ketones (excluding diaryl/α,β-unsaturated/α-hetero) is 1. The molecule has 6 heteroatoms. The zero-order valence-electron chi connectivity index (χ0n) is 9.12. The van der Waals surface area contributed by atoms with Crippen LogP contribution in [0.15, 0.2) is 0 Å². The predicted molar refractivity (Wildman–Crippen MR) is 54.4 cm³/mol.